The van der Waals surface area contributed by atoms with Crippen molar-refractivity contribution >= 4 is 12.6 Å². The minimum Gasteiger partial charge on any atom is -0.302 e. The van der Waals surface area contributed by atoms with E-state index >= 15 is 0 Å². The van der Waals surface area contributed by atoms with E-state index in [1.165, 1.54) is 6.42 Å². The Morgan fingerprint density at radius 2 is 1.87 bits per heavy atom. The molecule has 0 spiro atoms. The fourth-order valence-corrected chi connectivity index (χ4v) is 1.78. The van der Waals surface area contributed by atoms with Crippen molar-refractivity contribution in [3.05, 3.63) is 26.4 Å². The third kappa shape index (κ3) is 3.58. The molecule has 5 heteroatoms. The first-order chi connectivity index (χ1) is 7.15. The number of H-pyrrole nitrogens is 2. The van der Waals surface area contributed by atoms with Gasteiger partial charge in [-0.2, -0.15) is 0 Å². The van der Waals surface area contributed by atoms with Gasteiger partial charge in [-0.1, -0.05) is 26.2 Å². The van der Waals surface area contributed by atoms with Crippen LogP contribution in [0.5, 0.6) is 0 Å². The van der Waals surface area contributed by atoms with E-state index < -0.39 is 5.69 Å². The topological polar surface area (TPSA) is 65.7 Å². The second-order valence-electron chi connectivity index (χ2n) is 3.55. The molecular weight excluding hydrogens is 212 g/mol. The summed E-state index contributed by atoms with van der Waals surface area (Å²) in [4.78, 5) is 27.0. The van der Waals surface area contributed by atoms with Crippen molar-refractivity contribution in [3.8, 4) is 0 Å². The standard InChI is InChI=1S/C10H16N2O2S/c1-2-3-4-5-6-7-8(13)11-10(14)12-9(7)15/h2-6H2,1H3,(H3,11,12,13,14,15). The summed E-state index contributed by atoms with van der Waals surface area (Å²) in [6.45, 7) is 2.14. The van der Waals surface area contributed by atoms with E-state index in [4.69, 9.17) is 0 Å². The molecule has 1 aromatic heterocycles. The Kier molecular flexibility index (Phi) is 4.68. The number of hydrogen-bond donors (Lipinski definition) is 3. The van der Waals surface area contributed by atoms with Gasteiger partial charge >= 0.3 is 5.69 Å². The molecule has 1 aromatic rings. The van der Waals surface area contributed by atoms with Crippen molar-refractivity contribution in [1.82, 2.24) is 9.97 Å². The van der Waals surface area contributed by atoms with Gasteiger partial charge < -0.3 is 4.98 Å². The van der Waals surface area contributed by atoms with E-state index in [-0.39, 0.29) is 5.56 Å². The average Bonchev–Trinajstić information content (AvgIpc) is 2.15. The highest BCUT2D eigenvalue weighted by atomic mass is 32.1. The van der Waals surface area contributed by atoms with Crippen molar-refractivity contribution in [1.29, 1.82) is 0 Å². The molecule has 15 heavy (non-hydrogen) atoms. The summed E-state index contributed by atoms with van der Waals surface area (Å²) >= 11 is 4.09. The van der Waals surface area contributed by atoms with Crippen LogP contribution in [0.2, 0.25) is 0 Å². The number of aromatic amines is 2. The SMILES string of the molecule is CCCCCCc1c(S)[nH]c(=O)[nH]c1=O. The van der Waals surface area contributed by atoms with Gasteiger partial charge in [-0.15, -0.1) is 12.6 Å². The number of rotatable bonds is 5. The summed E-state index contributed by atoms with van der Waals surface area (Å²) in [5.41, 5.74) is -0.239. The Labute approximate surface area is 93.5 Å². The largest absolute Gasteiger partial charge is 0.326 e. The summed E-state index contributed by atoms with van der Waals surface area (Å²) in [6, 6.07) is 0. The van der Waals surface area contributed by atoms with Crippen molar-refractivity contribution in [3.63, 3.8) is 0 Å². The fraction of sp³-hybridized carbons (Fsp3) is 0.600. The molecular formula is C10H16N2O2S. The van der Waals surface area contributed by atoms with Crippen LogP contribution in [0.4, 0.5) is 0 Å². The Balaban J connectivity index is 2.69. The van der Waals surface area contributed by atoms with Crippen LogP contribution in [0.3, 0.4) is 0 Å². The van der Waals surface area contributed by atoms with Gasteiger partial charge in [0.1, 0.15) is 0 Å². The molecule has 4 nitrogen and oxygen atoms in total. The van der Waals surface area contributed by atoms with E-state index in [1.807, 2.05) is 0 Å². The smallest absolute Gasteiger partial charge is 0.302 e. The van der Waals surface area contributed by atoms with Crippen LogP contribution < -0.4 is 11.2 Å². The second kappa shape index (κ2) is 5.80. The maximum atomic E-state index is 11.4. The lowest BCUT2D eigenvalue weighted by atomic mass is 10.1. The van der Waals surface area contributed by atoms with Crippen molar-refractivity contribution < 1.29 is 0 Å². The third-order valence-electron chi connectivity index (χ3n) is 2.30. The van der Waals surface area contributed by atoms with Gasteiger partial charge in [0, 0.05) is 5.56 Å². The quantitative estimate of drug-likeness (QED) is 0.406. The number of thiol groups is 1. The Bertz CT molecular complexity index is 422. The third-order valence-corrected chi connectivity index (χ3v) is 2.68. The summed E-state index contributed by atoms with van der Waals surface area (Å²) in [7, 11) is 0. The van der Waals surface area contributed by atoms with Crippen LogP contribution in [0.15, 0.2) is 14.6 Å². The lowest BCUT2D eigenvalue weighted by Gasteiger charge is -2.02. The van der Waals surface area contributed by atoms with E-state index in [2.05, 4.69) is 29.5 Å². The molecule has 0 aliphatic heterocycles. The predicted octanol–water partition coefficient (Wildman–Crippen LogP) is 1.47. The highest BCUT2D eigenvalue weighted by Crippen LogP contribution is 2.08. The summed E-state index contributed by atoms with van der Waals surface area (Å²) < 4.78 is 0. The maximum Gasteiger partial charge on any atom is 0.326 e. The molecule has 0 aromatic carbocycles. The predicted molar refractivity (Wildman–Crippen MR) is 62.8 cm³/mol. The molecule has 0 saturated heterocycles. The normalized spacial score (nSPS) is 10.5. The molecule has 0 amide bonds. The average molecular weight is 228 g/mol. The van der Waals surface area contributed by atoms with E-state index in [0.717, 1.165) is 19.3 Å². The fourth-order valence-electron chi connectivity index (χ4n) is 1.46. The first-order valence-electron chi connectivity index (χ1n) is 5.19. The van der Waals surface area contributed by atoms with Crippen LogP contribution in [-0.2, 0) is 6.42 Å². The van der Waals surface area contributed by atoms with Crippen LogP contribution in [0.1, 0.15) is 38.2 Å². The lowest BCUT2D eigenvalue weighted by molar-refractivity contribution is 0.655. The molecule has 0 saturated carbocycles. The zero-order valence-corrected chi connectivity index (χ0v) is 9.69. The molecule has 0 unspecified atom stereocenters. The highest BCUT2D eigenvalue weighted by Gasteiger charge is 2.05. The molecule has 2 N–H and O–H groups in total. The monoisotopic (exact) mass is 228 g/mol. The van der Waals surface area contributed by atoms with E-state index in [1.54, 1.807) is 0 Å². The zero-order valence-electron chi connectivity index (χ0n) is 8.80. The Morgan fingerprint density at radius 1 is 1.13 bits per heavy atom. The van der Waals surface area contributed by atoms with Crippen LogP contribution in [0, 0.1) is 0 Å². The second-order valence-corrected chi connectivity index (χ2v) is 3.99. The Morgan fingerprint density at radius 3 is 2.47 bits per heavy atom. The van der Waals surface area contributed by atoms with Gasteiger partial charge in [0.05, 0.1) is 5.03 Å². The highest BCUT2D eigenvalue weighted by molar-refractivity contribution is 7.80. The van der Waals surface area contributed by atoms with Gasteiger partial charge in [-0.3, -0.25) is 9.78 Å². The van der Waals surface area contributed by atoms with Crippen LogP contribution >= 0.6 is 12.6 Å². The molecule has 0 bridgehead atoms. The van der Waals surface area contributed by atoms with Gasteiger partial charge in [0.25, 0.3) is 5.56 Å². The van der Waals surface area contributed by atoms with Gasteiger partial charge in [-0.05, 0) is 12.8 Å². The van der Waals surface area contributed by atoms with Crippen molar-refractivity contribution in [2.75, 3.05) is 0 Å². The van der Waals surface area contributed by atoms with Gasteiger partial charge in [0.2, 0.25) is 0 Å². The van der Waals surface area contributed by atoms with Gasteiger partial charge in [-0.25, -0.2) is 4.79 Å². The van der Waals surface area contributed by atoms with E-state index in [9.17, 15) is 9.59 Å². The van der Waals surface area contributed by atoms with Crippen LogP contribution in [-0.4, -0.2) is 9.97 Å². The first-order valence-corrected chi connectivity index (χ1v) is 5.64. The van der Waals surface area contributed by atoms with Crippen molar-refractivity contribution in [2.45, 2.75) is 44.1 Å². The summed E-state index contributed by atoms with van der Waals surface area (Å²) in [5, 5.41) is 0.389. The lowest BCUT2D eigenvalue weighted by Crippen LogP contribution is -2.26. The summed E-state index contributed by atoms with van der Waals surface area (Å²) in [5.74, 6) is 0. The molecule has 1 heterocycles. The number of nitrogens with one attached hydrogen (secondary N) is 2. The molecule has 0 radical (unpaired) electrons. The number of hydrogen-bond acceptors (Lipinski definition) is 3. The Hall–Kier alpha value is -0.970. The number of unbranched alkanes of at least 4 members (excludes halogenated alkanes) is 3. The van der Waals surface area contributed by atoms with E-state index in [0.29, 0.717) is 17.0 Å². The maximum absolute atomic E-state index is 11.4. The molecule has 0 atom stereocenters. The zero-order chi connectivity index (χ0) is 11.3. The summed E-state index contributed by atoms with van der Waals surface area (Å²) in [6.07, 6.45) is 5.06. The number of aromatic nitrogens is 2. The molecule has 84 valence electrons. The molecule has 0 fully saturated rings. The minimum atomic E-state index is -0.498. The molecule has 0 aliphatic carbocycles. The van der Waals surface area contributed by atoms with Crippen LogP contribution in [0.25, 0.3) is 0 Å². The molecule has 0 aliphatic rings. The minimum absolute atomic E-state index is 0.319. The first kappa shape index (κ1) is 12.1. The van der Waals surface area contributed by atoms with Crippen molar-refractivity contribution in [2.24, 2.45) is 0 Å². The van der Waals surface area contributed by atoms with Gasteiger partial charge in [0.15, 0.2) is 0 Å². The molecule has 1 rings (SSSR count).